The Kier molecular flexibility index (Phi) is 3.87. The number of halogens is 3. The van der Waals surface area contributed by atoms with Crippen molar-refractivity contribution >= 4 is 23.2 Å². The molecule has 0 aliphatic rings. The van der Waals surface area contributed by atoms with Gasteiger partial charge in [-0.25, -0.2) is 14.3 Å². The van der Waals surface area contributed by atoms with Crippen LogP contribution in [0.2, 0.25) is 0 Å². The van der Waals surface area contributed by atoms with Crippen LogP contribution >= 0.6 is 0 Å². The highest BCUT2D eigenvalue weighted by molar-refractivity contribution is 5.96. The molecule has 1 amide bonds. The molecule has 0 atom stereocenters. The van der Waals surface area contributed by atoms with Gasteiger partial charge in [0, 0.05) is 17.4 Å². The number of aromatic nitrogens is 3. The first-order valence-electron chi connectivity index (χ1n) is 6.82. The summed E-state index contributed by atoms with van der Waals surface area (Å²) in [6.07, 6.45) is -2.51. The minimum absolute atomic E-state index is 0.0598. The minimum Gasteiger partial charge on any atom is -0.477 e. The summed E-state index contributed by atoms with van der Waals surface area (Å²) in [4.78, 5) is 26.1. The molecule has 0 unspecified atom stereocenters. The number of nitrogens with zero attached hydrogens (tertiary/aromatic N) is 3. The largest absolute Gasteiger partial charge is 0.477 e. The van der Waals surface area contributed by atoms with E-state index in [1.807, 2.05) is 0 Å². The van der Waals surface area contributed by atoms with Crippen LogP contribution in [0.3, 0.4) is 0 Å². The predicted molar refractivity (Wildman–Crippen MR) is 80.1 cm³/mol. The van der Waals surface area contributed by atoms with Gasteiger partial charge < -0.3 is 10.4 Å². The first kappa shape index (κ1) is 16.4. The summed E-state index contributed by atoms with van der Waals surface area (Å²) >= 11 is 0. The first-order chi connectivity index (χ1) is 11.8. The maximum absolute atomic E-state index is 12.4. The van der Waals surface area contributed by atoms with Crippen LogP contribution in [-0.4, -0.2) is 37.8 Å². The van der Waals surface area contributed by atoms with Gasteiger partial charge in [-0.1, -0.05) is 12.1 Å². The van der Waals surface area contributed by atoms with Gasteiger partial charge in [-0.15, -0.1) is 0 Å². The highest BCUT2D eigenvalue weighted by atomic mass is 19.4. The molecule has 10 heteroatoms. The summed E-state index contributed by atoms with van der Waals surface area (Å²) in [5.41, 5.74) is 0.751. The van der Waals surface area contributed by atoms with Crippen LogP contribution in [0.5, 0.6) is 0 Å². The van der Waals surface area contributed by atoms with Crippen molar-refractivity contribution in [2.75, 3.05) is 5.32 Å². The lowest BCUT2D eigenvalue weighted by molar-refractivity contribution is -0.167. The Morgan fingerprint density at radius 1 is 1.20 bits per heavy atom. The standard InChI is InChI=1S/C15H9F3N4O3/c16-15(17,18)14(25)21-9-3-1-2-8(6-9)11-4-5-19-12-10(13(23)24)7-20-22(11)12/h1-7H,(H,21,25)(H,23,24). The average molecular weight is 350 g/mol. The van der Waals surface area contributed by atoms with Crippen LogP contribution in [0.25, 0.3) is 16.9 Å². The van der Waals surface area contributed by atoms with Gasteiger partial charge in [0.1, 0.15) is 5.56 Å². The maximum atomic E-state index is 12.4. The van der Waals surface area contributed by atoms with E-state index >= 15 is 0 Å². The number of benzene rings is 1. The average Bonchev–Trinajstić information content (AvgIpc) is 2.98. The smallest absolute Gasteiger partial charge is 0.471 e. The molecule has 2 heterocycles. The van der Waals surface area contributed by atoms with E-state index in [0.717, 1.165) is 6.20 Å². The number of amides is 1. The second kappa shape index (κ2) is 5.89. The molecular weight excluding hydrogens is 341 g/mol. The van der Waals surface area contributed by atoms with Crippen molar-refractivity contribution in [2.45, 2.75) is 6.18 Å². The van der Waals surface area contributed by atoms with Gasteiger partial charge in [-0.3, -0.25) is 4.79 Å². The van der Waals surface area contributed by atoms with E-state index in [9.17, 15) is 22.8 Å². The fourth-order valence-corrected chi connectivity index (χ4v) is 2.22. The van der Waals surface area contributed by atoms with Crippen molar-refractivity contribution in [1.29, 1.82) is 0 Å². The molecule has 3 aromatic rings. The molecule has 128 valence electrons. The predicted octanol–water partition coefficient (Wildman–Crippen LogP) is 2.60. The monoisotopic (exact) mass is 350 g/mol. The number of carboxylic acids is 1. The fraction of sp³-hybridized carbons (Fsp3) is 0.0667. The Hall–Kier alpha value is -3.43. The molecule has 0 saturated carbocycles. The Bertz CT molecular complexity index is 982. The number of rotatable bonds is 3. The summed E-state index contributed by atoms with van der Waals surface area (Å²) in [5, 5.41) is 14.8. The Balaban J connectivity index is 2.03. The van der Waals surface area contributed by atoms with E-state index in [4.69, 9.17) is 5.11 Å². The first-order valence-corrected chi connectivity index (χ1v) is 6.82. The van der Waals surface area contributed by atoms with Crippen LogP contribution in [-0.2, 0) is 4.79 Å². The zero-order valence-electron chi connectivity index (χ0n) is 12.3. The molecule has 0 saturated heterocycles. The zero-order valence-corrected chi connectivity index (χ0v) is 12.3. The number of hydrogen-bond donors (Lipinski definition) is 2. The van der Waals surface area contributed by atoms with E-state index in [0.29, 0.717) is 11.3 Å². The third kappa shape index (κ3) is 3.13. The summed E-state index contributed by atoms with van der Waals surface area (Å²) in [7, 11) is 0. The quantitative estimate of drug-likeness (QED) is 0.757. The molecule has 7 nitrogen and oxygen atoms in total. The van der Waals surface area contributed by atoms with E-state index in [-0.39, 0.29) is 16.9 Å². The number of carboxylic acid groups (broad SMARTS) is 1. The van der Waals surface area contributed by atoms with Crippen molar-refractivity contribution in [3.8, 4) is 11.3 Å². The van der Waals surface area contributed by atoms with Crippen molar-refractivity contribution < 1.29 is 27.9 Å². The second-order valence-corrected chi connectivity index (χ2v) is 4.96. The molecule has 2 N–H and O–H groups in total. The number of anilines is 1. The molecule has 3 rings (SSSR count). The van der Waals surface area contributed by atoms with E-state index in [2.05, 4.69) is 10.1 Å². The molecule has 0 bridgehead atoms. The molecule has 25 heavy (non-hydrogen) atoms. The number of hydrogen-bond acceptors (Lipinski definition) is 4. The van der Waals surface area contributed by atoms with Crippen molar-refractivity contribution in [3.05, 3.63) is 48.3 Å². The molecule has 0 aliphatic carbocycles. The van der Waals surface area contributed by atoms with Gasteiger partial charge >= 0.3 is 18.1 Å². The Morgan fingerprint density at radius 2 is 1.96 bits per heavy atom. The van der Waals surface area contributed by atoms with Crippen LogP contribution in [0.15, 0.2) is 42.7 Å². The highest BCUT2D eigenvalue weighted by Gasteiger charge is 2.38. The number of fused-ring (bicyclic) bond motifs is 1. The van der Waals surface area contributed by atoms with Crippen molar-refractivity contribution in [3.63, 3.8) is 0 Å². The van der Waals surface area contributed by atoms with Crippen molar-refractivity contribution in [2.24, 2.45) is 0 Å². The van der Waals surface area contributed by atoms with Gasteiger partial charge in [-0.05, 0) is 18.2 Å². The molecule has 2 aromatic heterocycles. The summed E-state index contributed by atoms with van der Waals surface area (Å²) < 4.78 is 38.3. The molecule has 1 aromatic carbocycles. The molecule has 0 spiro atoms. The van der Waals surface area contributed by atoms with Crippen LogP contribution in [0, 0.1) is 0 Å². The summed E-state index contributed by atoms with van der Waals surface area (Å²) in [6.45, 7) is 0. The molecule has 0 fully saturated rings. The zero-order chi connectivity index (χ0) is 18.2. The van der Waals surface area contributed by atoms with Gasteiger partial charge in [-0.2, -0.15) is 18.3 Å². The number of nitrogens with one attached hydrogen (secondary N) is 1. The minimum atomic E-state index is -5.00. The van der Waals surface area contributed by atoms with Crippen LogP contribution in [0.4, 0.5) is 18.9 Å². The third-order valence-electron chi connectivity index (χ3n) is 3.31. The van der Waals surface area contributed by atoms with E-state index < -0.39 is 18.1 Å². The maximum Gasteiger partial charge on any atom is 0.471 e. The normalized spacial score (nSPS) is 11.5. The molecule has 0 aliphatic heterocycles. The van der Waals surface area contributed by atoms with E-state index in [1.165, 1.54) is 35.0 Å². The van der Waals surface area contributed by atoms with Gasteiger partial charge in [0.25, 0.3) is 0 Å². The van der Waals surface area contributed by atoms with Crippen LogP contribution < -0.4 is 5.32 Å². The second-order valence-electron chi connectivity index (χ2n) is 4.96. The number of carbonyl (C=O) groups is 2. The molecule has 0 radical (unpaired) electrons. The Labute approximate surface area is 137 Å². The third-order valence-corrected chi connectivity index (χ3v) is 3.31. The van der Waals surface area contributed by atoms with Gasteiger partial charge in [0.05, 0.1) is 11.9 Å². The number of alkyl halides is 3. The lowest BCUT2D eigenvalue weighted by Gasteiger charge is -2.10. The highest BCUT2D eigenvalue weighted by Crippen LogP contribution is 2.25. The number of carbonyl (C=O) groups excluding carboxylic acids is 1. The van der Waals surface area contributed by atoms with Gasteiger partial charge in [0.2, 0.25) is 0 Å². The SMILES string of the molecule is O=C(O)c1cnn2c(-c3cccc(NC(=O)C(F)(F)F)c3)ccnc12. The van der Waals surface area contributed by atoms with Gasteiger partial charge in [0.15, 0.2) is 5.65 Å². The lowest BCUT2D eigenvalue weighted by atomic mass is 10.1. The number of aromatic carboxylic acids is 1. The van der Waals surface area contributed by atoms with E-state index in [1.54, 1.807) is 11.4 Å². The molecular formula is C15H9F3N4O3. The topological polar surface area (TPSA) is 96.6 Å². The fourth-order valence-electron chi connectivity index (χ4n) is 2.22. The Morgan fingerprint density at radius 3 is 2.64 bits per heavy atom. The van der Waals surface area contributed by atoms with Crippen molar-refractivity contribution in [1.82, 2.24) is 14.6 Å². The summed E-state index contributed by atoms with van der Waals surface area (Å²) in [6, 6.07) is 7.18. The lowest BCUT2D eigenvalue weighted by Crippen LogP contribution is -2.29. The summed E-state index contributed by atoms with van der Waals surface area (Å²) in [5.74, 6) is -3.29. The van der Waals surface area contributed by atoms with Crippen LogP contribution in [0.1, 0.15) is 10.4 Å².